The number of hydrogen-bond acceptors (Lipinski definition) is 4. The molecule has 0 saturated carbocycles. The molecule has 3 aromatic rings. The highest BCUT2D eigenvalue weighted by Gasteiger charge is 2.33. The molecule has 0 N–H and O–H groups in total. The Morgan fingerprint density at radius 2 is 1.91 bits per heavy atom. The van der Waals surface area contributed by atoms with Crippen LogP contribution in [-0.2, 0) is 18.3 Å². The van der Waals surface area contributed by atoms with E-state index in [9.17, 15) is 4.79 Å². The molecule has 0 bridgehead atoms. The van der Waals surface area contributed by atoms with Gasteiger partial charge in [0.1, 0.15) is 0 Å². The van der Waals surface area contributed by atoms with E-state index >= 15 is 0 Å². The number of rotatable bonds is 1. The summed E-state index contributed by atoms with van der Waals surface area (Å²) in [6.45, 7) is 5.99. The maximum atomic E-state index is 12.7. The molecule has 0 atom stereocenters. The average molecular weight is 307 g/mol. The Bertz CT molecular complexity index is 973. The lowest BCUT2D eigenvalue weighted by molar-refractivity contribution is -0.116. The molecule has 6 heteroatoms. The van der Waals surface area contributed by atoms with Gasteiger partial charge in [0.05, 0.1) is 17.6 Å². The Balaban J connectivity index is 2.02. The summed E-state index contributed by atoms with van der Waals surface area (Å²) < 4.78 is 1.71. The zero-order valence-electron chi connectivity index (χ0n) is 13.6. The largest absolute Gasteiger partial charge is 0.274 e. The number of anilines is 2. The van der Waals surface area contributed by atoms with Gasteiger partial charge in [-0.3, -0.25) is 9.69 Å². The van der Waals surface area contributed by atoms with Crippen molar-refractivity contribution in [1.29, 1.82) is 0 Å². The van der Waals surface area contributed by atoms with E-state index in [0.29, 0.717) is 17.8 Å². The number of fused-ring (bicyclic) bond motifs is 2. The molecule has 6 nitrogen and oxygen atoms in total. The van der Waals surface area contributed by atoms with E-state index in [0.717, 1.165) is 33.6 Å². The van der Waals surface area contributed by atoms with Gasteiger partial charge in [0.2, 0.25) is 5.91 Å². The van der Waals surface area contributed by atoms with Gasteiger partial charge in [-0.2, -0.15) is 0 Å². The van der Waals surface area contributed by atoms with Crippen molar-refractivity contribution in [2.75, 3.05) is 4.90 Å². The Morgan fingerprint density at radius 1 is 1.13 bits per heavy atom. The number of benzene rings is 1. The fourth-order valence-electron chi connectivity index (χ4n) is 3.38. The van der Waals surface area contributed by atoms with E-state index < -0.39 is 0 Å². The quantitative estimate of drug-likeness (QED) is 0.693. The van der Waals surface area contributed by atoms with E-state index in [-0.39, 0.29) is 5.91 Å². The van der Waals surface area contributed by atoms with Crippen LogP contribution < -0.4 is 4.90 Å². The summed E-state index contributed by atoms with van der Waals surface area (Å²) in [6, 6.07) is 6.10. The fraction of sp³-hybridized carbons (Fsp3) is 0.294. The van der Waals surface area contributed by atoms with Crippen molar-refractivity contribution >= 4 is 28.4 Å². The number of amides is 1. The lowest BCUT2D eigenvalue weighted by Crippen LogP contribution is -2.23. The summed E-state index contributed by atoms with van der Waals surface area (Å²) >= 11 is 0. The highest BCUT2D eigenvalue weighted by molar-refractivity contribution is 6.11. The summed E-state index contributed by atoms with van der Waals surface area (Å²) in [6.07, 6.45) is 0.398. The molecule has 0 radical (unpaired) electrons. The second-order valence-corrected chi connectivity index (χ2v) is 6.16. The third-order valence-electron chi connectivity index (χ3n) is 4.26. The standard InChI is InChI=1S/C17H17N5O/c1-9-5-10(2)16-12(6-9)8-14(23)22(16)17-15-13(7-11(3)18-17)21(4)20-19-15/h5-7H,8H2,1-4H3. The van der Waals surface area contributed by atoms with E-state index in [1.807, 2.05) is 33.9 Å². The van der Waals surface area contributed by atoms with Gasteiger partial charge in [0.25, 0.3) is 0 Å². The molecule has 2 aromatic heterocycles. The van der Waals surface area contributed by atoms with Crippen LogP contribution in [0.3, 0.4) is 0 Å². The van der Waals surface area contributed by atoms with E-state index in [4.69, 9.17) is 0 Å². The third kappa shape index (κ3) is 1.94. The van der Waals surface area contributed by atoms with Crippen molar-refractivity contribution in [3.8, 4) is 0 Å². The van der Waals surface area contributed by atoms with Crippen LogP contribution in [0.25, 0.3) is 11.0 Å². The van der Waals surface area contributed by atoms with Crippen molar-refractivity contribution in [2.24, 2.45) is 7.05 Å². The Kier molecular flexibility index (Phi) is 2.78. The van der Waals surface area contributed by atoms with E-state index in [1.165, 1.54) is 0 Å². The number of carbonyl (C=O) groups is 1. The van der Waals surface area contributed by atoms with Gasteiger partial charge in [-0.05, 0) is 38.0 Å². The number of nitrogens with zero attached hydrogens (tertiary/aromatic N) is 5. The van der Waals surface area contributed by atoms with Crippen molar-refractivity contribution in [3.63, 3.8) is 0 Å². The van der Waals surface area contributed by atoms with Crippen LogP contribution in [0.1, 0.15) is 22.4 Å². The number of aryl methyl sites for hydroxylation is 4. The molecule has 23 heavy (non-hydrogen) atoms. The molecule has 0 aliphatic carbocycles. The van der Waals surface area contributed by atoms with Crippen LogP contribution in [-0.4, -0.2) is 25.9 Å². The Morgan fingerprint density at radius 3 is 2.70 bits per heavy atom. The Hall–Kier alpha value is -2.76. The summed E-state index contributed by atoms with van der Waals surface area (Å²) in [7, 11) is 1.84. The zero-order chi connectivity index (χ0) is 16.3. The first kappa shape index (κ1) is 13.9. The molecule has 0 saturated heterocycles. The predicted octanol–water partition coefficient (Wildman–Crippen LogP) is 2.51. The maximum absolute atomic E-state index is 12.7. The molecule has 4 rings (SSSR count). The highest BCUT2D eigenvalue weighted by atomic mass is 16.2. The van der Waals surface area contributed by atoms with Crippen molar-refractivity contribution < 1.29 is 4.79 Å². The minimum absolute atomic E-state index is 0.0266. The molecular formula is C17H17N5O. The number of aromatic nitrogens is 4. The van der Waals surface area contributed by atoms with E-state index in [1.54, 1.807) is 9.58 Å². The summed E-state index contributed by atoms with van der Waals surface area (Å²) in [5, 5.41) is 8.29. The Labute approximate surface area is 133 Å². The van der Waals surface area contributed by atoms with Gasteiger partial charge in [-0.15, -0.1) is 5.10 Å². The van der Waals surface area contributed by atoms with Gasteiger partial charge in [0, 0.05) is 12.7 Å². The van der Waals surface area contributed by atoms with Crippen LogP contribution in [0.2, 0.25) is 0 Å². The van der Waals surface area contributed by atoms with Crippen LogP contribution in [0.5, 0.6) is 0 Å². The summed E-state index contributed by atoms with van der Waals surface area (Å²) in [5.74, 6) is 0.600. The minimum atomic E-state index is 0.0266. The topological polar surface area (TPSA) is 63.9 Å². The van der Waals surface area contributed by atoms with Crippen molar-refractivity contribution in [3.05, 3.63) is 40.6 Å². The van der Waals surface area contributed by atoms with Crippen molar-refractivity contribution in [2.45, 2.75) is 27.2 Å². The van der Waals surface area contributed by atoms with Gasteiger partial charge >= 0.3 is 0 Å². The SMILES string of the molecule is Cc1cc(C)c2c(c1)CC(=O)N2c1nc(C)cc2c1nnn2C. The molecule has 0 spiro atoms. The number of pyridine rings is 1. The number of hydrogen-bond donors (Lipinski definition) is 0. The maximum Gasteiger partial charge on any atom is 0.237 e. The van der Waals surface area contributed by atoms with Crippen LogP contribution in [0, 0.1) is 20.8 Å². The second kappa shape index (κ2) is 4.62. The fourth-order valence-corrected chi connectivity index (χ4v) is 3.38. The highest BCUT2D eigenvalue weighted by Crippen LogP contribution is 2.40. The van der Waals surface area contributed by atoms with E-state index in [2.05, 4.69) is 27.4 Å². The molecule has 0 unspecified atom stereocenters. The molecule has 3 heterocycles. The molecular weight excluding hydrogens is 290 g/mol. The monoisotopic (exact) mass is 307 g/mol. The molecule has 1 amide bonds. The van der Waals surface area contributed by atoms with Gasteiger partial charge in [0.15, 0.2) is 11.3 Å². The number of carbonyl (C=O) groups excluding carboxylic acids is 1. The first-order valence-electron chi connectivity index (χ1n) is 7.56. The van der Waals surface area contributed by atoms with Crippen LogP contribution in [0.4, 0.5) is 11.5 Å². The summed E-state index contributed by atoms with van der Waals surface area (Å²) in [5.41, 5.74) is 6.59. The first-order chi connectivity index (χ1) is 11.0. The lowest BCUT2D eigenvalue weighted by Gasteiger charge is -2.19. The summed E-state index contributed by atoms with van der Waals surface area (Å²) in [4.78, 5) is 19.0. The lowest BCUT2D eigenvalue weighted by atomic mass is 10.0. The average Bonchev–Trinajstić information content (AvgIpc) is 2.99. The molecule has 1 aliphatic heterocycles. The minimum Gasteiger partial charge on any atom is -0.274 e. The van der Waals surface area contributed by atoms with Gasteiger partial charge in [-0.25, -0.2) is 9.67 Å². The molecule has 1 aromatic carbocycles. The predicted molar refractivity (Wildman–Crippen MR) is 87.8 cm³/mol. The van der Waals surface area contributed by atoms with Gasteiger partial charge in [-0.1, -0.05) is 22.9 Å². The smallest absolute Gasteiger partial charge is 0.237 e. The van der Waals surface area contributed by atoms with Crippen LogP contribution in [0.15, 0.2) is 18.2 Å². The molecule has 0 fully saturated rings. The second-order valence-electron chi connectivity index (χ2n) is 6.16. The third-order valence-corrected chi connectivity index (χ3v) is 4.26. The zero-order valence-corrected chi connectivity index (χ0v) is 13.6. The van der Waals surface area contributed by atoms with Gasteiger partial charge < -0.3 is 0 Å². The first-order valence-corrected chi connectivity index (χ1v) is 7.56. The van der Waals surface area contributed by atoms with Crippen LogP contribution >= 0.6 is 0 Å². The normalized spacial score (nSPS) is 13.9. The van der Waals surface area contributed by atoms with Crippen molar-refractivity contribution in [1.82, 2.24) is 20.0 Å². The molecule has 116 valence electrons. The molecule has 1 aliphatic rings.